The van der Waals surface area contributed by atoms with Crippen molar-refractivity contribution in [2.75, 3.05) is 0 Å². The predicted molar refractivity (Wildman–Crippen MR) is 172 cm³/mol. The highest BCUT2D eigenvalue weighted by atomic mass is 14.9. The molecule has 0 radical (unpaired) electrons. The monoisotopic (exact) mass is 536 g/mol. The third kappa shape index (κ3) is 4.18. The molecule has 0 saturated carbocycles. The van der Waals surface area contributed by atoms with Crippen molar-refractivity contribution in [3.63, 3.8) is 0 Å². The summed E-state index contributed by atoms with van der Waals surface area (Å²) in [5.41, 5.74) is 6.81. The number of benzene rings is 5. The molecule has 196 valence electrons. The lowest BCUT2D eigenvalue weighted by Crippen LogP contribution is -1.96. The van der Waals surface area contributed by atoms with Crippen LogP contribution in [0.1, 0.15) is 0 Å². The standard InChI is InChI=1S/C38H24N4/c1-2-11-32-30(9-1)31-10-3-4-12-33(31)35-21-27(17-18-34(32)35)25-13-15-26(16-14-25)38-41-36(28-7-5-19-39-23-28)22-37(42-38)29-8-6-20-40-24-29/h1-24H. The highest BCUT2D eigenvalue weighted by molar-refractivity contribution is 6.25. The van der Waals surface area contributed by atoms with Gasteiger partial charge in [0.1, 0.15) is 0 Å². The molecular weight excluding hydrogens is 512 g/mol. The Morgan fingerprint density at radius 3 is 1.33 bits per heavy atom. The highest BCUT2D eigenvalue weighted by Gasteiger charge is 2.13. The highest BCUT2D eigenvalue weighted by Crippen LogP contribution is 2.37. The van der Waals surface area contributed by atoms with Crippen LogP contribution in [0.3, 0.4) is 0 Å². The minimum Gasteiger partial charge on any atom is -0.264 e. The van der Waals surface area contributed by atoms with E-state index in [2.05, 4.69) is 101 Å². The molecule has 4 nitrogen and oxygen atoms in total. The van der Waals surface area contributed by atoms with Gasteiger partial charge in [0.25, 0.3) is 0 Å². The second-order valence-corrected chi connectivity index (χ2v) is 10.4. The van der Waals surface area contributed by atoms with Crippen LogP contribution in [0.5, 0.6) is 0 Å². The van der Waals surface area contributed by atoms with Gasteiger partial charge in [-0.1, -0.05) is 84.9 Å². The molecule has 0 amide bonds. The number of rotatable bonds is 4. The molecule has 0 aliphatic rings. The Balaban J connectivity index is 1.23. The number of aromatic nitrogens is 4. The van der Waals surface area contributed by atoms with Crippen LogP contribution in [-0.4, -0.2) is 19.9 Å². The molecule has 0 N–H and O–H groups in total. The molecule has 0 bridgehead atoms. The molecule has 0 saturated heterocycles. The summed E-state index contributed by atoms with van der Waals surface area (Å²) < 4.78 is 0. The van der Waals surface area contributed by atoms with E-state index in [1.165, 1.54) is 37.9 Å². The molecule has 0 atom stereocenters. The van der Waals surface area contributed by atoms with Crippen LogP contribution < -0.4 is 0 Å². The van der Waals surface area contributed by atoms with Gasteiger partial charge >= 0.3 is 0 Å². The van der Waals surface area contributed by atoms with E-state index < -0.39 is 0 Å². The molecular formula is C38H24N4. The van der Waals surface area contributed by atoms with Gasteiger partial charge in [0.2, 0.25) is 0 Å². The summed E-state index contributed by atoms with van der Waals surface area (Å²) in [7, 11) is 0. The maximum atomic E-state index is 4.93. The Kier molecular flexibility index (Phi) is 5.75. The summed E-state index contributed by atoms with van der Waals surface area (Å²) in [6, 6.07) is 42.6. The minimum absolute atomic E-state index is 0.665. The quantitative estimate of drug-likeness (QED) is 0.210. The largest absolute Gasteiger partial charge is 0.264 e. The van der Waals surface area contributed by atoms with Crippen LogP contribution in [0, 0.1) is 0 Å². The van der Waals surface area contributed by atoms with Crippen molar-refractivity contribution in [3.8, 4) is 45.0 Å². The van der Waals surface area contributed by atoms with Crippen molar-refractivity contribution in [2.45, 2.75) is 0 Å². The Labute approximate surface area is 243 Å². The molecule has 3 heterocycles. The Morgan fingerprint density at radius 1 is 0.333 bits per heavy atom. The second kappa shape index (κ2) is 10.0. The van der Waals surface area contributed by atoms with Crippen LogP contribution >= 0.6 is 0 Å². The molecule has 0 spiro atoms. The third-order valence-electron chi connectivity index (χ3n) is 7.86. The van der Waals surface area contributed by atoms with E-state index in [0.717, 1.165) is 33.6 Å². The van der Waals surface area contributed by atoms with Crippen LogP contribution in [0.25, 0.3) is 77.3 Å². The third-order valence-corrected chi connectivity index (χ3v) is 7.86. The predicted octanol–water partition coefficient (Wildman–Crippen LogP) is 9.39. The fourth-order valence-corrected chi connectivity index (χ4v) is 5.80. The van der Waals surface area contributed by atoms with Crippen molar-refractivity contribution in [1.82, 2.24) is 19.9 Å². The van der Waals surface area contributed by atoms with Gasteiger partial charge in [-0.05, 0) is 79.8 Å². The van der Waals surface area contributed by atoms with Crippen LogP contribution in [0.2, 0.25) is 0 Å². The van der Waals surface area contributed by atoms with Crippen LogP contribution in [0.4, 0.5) is 0 Å². The Hall–Kier alpha value is -5.74. The molecule has 4 heteroatoms. The average Bonchev–Trinajstić information content (AvgIpc) is 3.09. The molecule has 0 unspecified atom stereocenters. The van der Waals surface area contributed by atoms with Crippen molar-refractivity contribution < 1.29 is 0 Å². The lowest BCUT2D eigenvalue weighted by molar-refractivity contribution is 1.17. The van der Waals surface area contributed by atoms with E-state index in [1.807, 2.05) is 42.7 Å². The molecule has 0 aliphatic carbocycles. The van der Waals surface area contributed by atoms with Gasteiger partial charge in [0, 0.05) is 41.5 Å². The van der Waals surface area contributed by atoms with E-state index in [0.29, 0.717) is 5.82 Å². The van der Waals surface area contributed by atoms with E-state index in [9.17, 15) is 0 Å². The maximum Gasteiger partial charge on any atom is 0.160 e. The van der Waals surface area contributed by atoms with E-state index in [-0.39, 0.29) is 0 Å². The van der Waals surface area contributed by atoms with Crippen LogP contribution in [-0.2, 0) is 0 Å². The van der Waals surface area contributed by atoms with Crippen molar-refractivity contribution in [3.05, 3.63) is 146 Å². The van der Waals surface area contributed by atoms with Gasteiger partial charge in [-0.15, -0.1) is 0 Å². The minimum atomic E-state index is 0.665. The first kappa shape index (κ1) is 24.1. The SMILES string of the molecule is c1cncc(-c2cc(-c3cccnc3)nc(-c3ccc(-c4ccc5c6ccccc6c6ccccc6c5c4)cc3)n2)c1. The molecule has 8 aromatic rings. The zero-order valence-corrected chi connectivity index (χ0v) is 22.6. The van der Waals surface area contributed by atoms with Crippen LogP contribution in [0.15, 0.2) is 146 Å². The lowest BCUT2D eigenvalue weighted by Gasteiger charge is -2.12. The molecule has 0 aliphatic heterocycles. The number of hydrogen-bond donors (Lipinski definition) is 0. The van der Waals surface area contributed by atoms with Gasteiger partial charge in [0.05, 0.1) is 11.4 Å². The van der Waals surface area contributed by atoms with E-state index >= 15 is 0 Å². The van der Waals surface area contributed by atoms with Crippen molar-refractivity contribution in [1.29, 1.82) is 0 Å². The Morgan fingerprint density at radius 2 is 0.810 bits per heavy atom. The molecule has 8 rings (SSSR count). The van der Waals surface area contributed by atoms with Crippen molar-refractivity contribution >= 4 is 32.3 Å². The summed E-state index contributed by atoms with van der Waals surface area (Å²) in [5.74, 6) is 0.665. The van der Waals surface area contributed by atoms with E-state index in [1.54, 1.807) is 12.4 Å². The lowest BCUT2D eigenvalue weighted by atomic mass is 9.92. The number of fused-ring (bicyclic) bond motifs is 6. The molecule has 5 aromatic carbocycles. The molecule has 0 fully saturated rings. The van der Waals surface area contributed by atoms with Gasteiger partial charge in [-0.2, -0.15) is 0 Å². The second-order valence-electron chi connectivity index (χ2n) is 10.4. The molecule has 42 heavy (non-hydrogen) atoms. The van der Waals surface area contributed by atoms with Crippen molar-refractivity contribution in [2.24, 2.45) is 0 Å². The fourth-order valence-electron chi connectivity index (χ4n) is 5.80. The normalized spacial score (nSPS) is 11.3. The first-order chi connectivity index (χ1) is 20.8. The van der Waals surface area contributed by atoms with Gasteiger partial charge in [-0.25, -0.2) is 9.97 Å². The first-order valence-corrected chi connectivity index (χ1v) is 14.0. The zero-order chi connectivity index (χ0) is 27.9. The topological polar surface area (TPSA) is 51.6 Å². The smallest absolute Gasteiger partial charge is 0.160 e. The van der Waals surface area contributed by atoms with Gasteiger partial charge in [-0.3, -0.25) is 9.97 Å². The summed E-state index contributed by atoms with van der Waals surface area (Å²) in [5, 5.41) is 7.66. The fraction of sp³-hybridized carbons (Fsp3) is 0. The summed E-state index contributed by atoms with van der Waals surface area (Å²) in [4.78, 5) is 18.5. The summed E-state index contributed by atoms with van der Waals surface area (Å²) >= 11 is 0. The number of pyridine rings is 2. The summed E-state index contributed by atoms with van der Waals surface area (Å²) in [6.07, 6.45) is 7.19. The van der Waals surface area contributed by atoms with E-state index in [4.69, 9.17) is 9.97 Å². The Bertz CT molecular complexity index is 2130. The van der Waals surface area contributed by atoms with Gasteiger partial charge in [0.15, 0.2) is 5.82 Å². The van der Waals surface area contributed by atoms with Gasteiger partial charge < -0.3 is 0 Å². The average molecular weight is 537 g/mol. The molecule has 3 aromatic heterocycles. The maximum absolute atomic E-state index is 4.93. The summed E-state index contributed by atoms with van der Waals surface area (Å²) in [6.45, 7) is 0. The number of nitrogens with zero attached hydrogens (tertiary/aromatic N) is 4. The zero-order valence-electron chi connectivity index (χ0n) is 22.6. The first-order valence-electron chi connectivity index (χ1n) is 14.0. The number of hydrogen-bond acceptors (Lipinski definition) is 4.